The zero-order valence-corrected chi connectivity index (χ0v) is 18.4. The van der Waals surface area contributed by atoms with E-state index in [1.807, 2.05) is 4.57 Å². The fraction of sp³-hybridized carbons (Fsp3) is 0.609. The van der Waals surface area contributed by atoms with Crippen LogP contribution in [0, 0.1) is 29.0 Å². The second kappa shape index (κ2) is 7.66. The molecular weight excluding hydrogens is 399 g/mol. The number of thioether (sulfide) groups is 1. The Morgan fingerprint density at radius 3 is 2.30 bits per heavy atom. The van der Waals surface area contributed by atoms with E-state index in [1.54, 1.807) is 23.9 Å². The first-order valence-corrected chi connectivity index (χ1v) is 11.9. The predicted molar refractivity (Wildman–Crippen MR) is 115 cm³/mol. The average molecular weight is 429 g/mol. The van der Waals surface area contributed by atoms with E-state index < -0.39 is 0 Å². The van der Waals surface area contributed by atoms with Crippen molar-refractivity contribution in [3.8, 4) is 5.69 Å². The van der Waals surface area contributed by atoms with E-state index in [-0.39, 0.29) is 17.1 Å². The summed E-state index contributed by atoms with van der Waals surface area (Å²) in [6.45, 7) is 4.54. The first-order valence-electron chi connectivity index (χ1n) is 11.1. The third-order valence-corrected chi connectivity index (χ3v) is 8.00. The summed E-state index contributed by atoms with van der Waals surface area (Å²) in [6.07, 6.45) is 7.10. The number of hydrogen-bond donors (Lipinski definition) is 1. The number of benzene rings is 1. The minimum absolute atomic E-state index is 0.176. The van der Waals surface area contributed by atoms with Crippen LogP contribution in [0.5, 0.6) is 0 Å². The molecule has 4 aliphatic rings. The van der Waals surface area contributed by atoms with Gasteiger partial charge < -0.3 is 5.32 Å². The molecule has 5 nitrogen and oxygen atoms in total. The van der Waals surface area contributed by atoms with Gasteiger partial charge in [0.1, 0.15) is 5.82 Å². The molecular formula is C23H29FN4OS. The van der Waals surface area contributed by atoms with Crippen LogP contribution in [0.4, 0.5) is 4.39 Å². The van der Waals surface area contributed by atoms with Crippen LogP contribution in [0.2, 0.25) is 0 Å². The molecule has 30 heavy (non-hydrogen) atoms. The Labute approximate surface area is 181 Å². The fourth-order valence-corrected chi connectivity index (χ4v) is 7.11. The van der Waals surface area contributed by atoms with Crippen LogP contribution >= 0.6 is 11.8 Å². The summed E-state index contributed by atoms with van der Waals surface area (Å²) in [5.74, 6) is 2.80. The lowest BCUT2D eigenvalue weighted by Crippen LogP contribution is -2.53. The van der Waals surface area contributed by atoms with Crippen molar-refractivity contribution in [3.05, 3.63) is 35.9 Å². The molecule has 1 N–H and O–H groups in total. The normalized spacial score (nSPS) is 29.5. The van der Waals surface area contributed by atoms with Crippen LogP contribution in [0.15, 0.2) is 29.4 Å². The second-order valence-electron chi connectivity index (χ2n) is 9.76. The molecule has 0 aliphatic heterocycles. The Bertz CT molecular complexity index is 904. The zero-order valence-electron chi connectivity index (χ0n) is 17.6. The molecule has 6 rings (SSSR count). The molecule has 2 aromatic rings. The molecule has 1 aromatic heterocycles. The summed E-state index contributed by atoms with van der Waals surface area (Å²) in [7, 11) is 0. The summed E-state index contributed by atoms with van der Waals surface area (Å²) in [4.78, 5) is 13.3. The topological polar surface area (TPSA) is 59.8 Å². The van der Waals surface area contributed by atoms with Crippen LogP contribution in [0.25, 0.3) is 5.69 Å². The molecule has 0 unspecified atom stereocenters. The van der Waals surface area contributed by atoms with E-state index >= 15 is 0 Å². The monoisotopic (exact) mass is 428 g/mol. The van der Waals surface area contributed by atoms with Crippen molar-refractivity contribution in [1.82, 2.24) is 20.1 Å². The molecule has 0 atom stereocenters. The Hall–Kier alpha value is -1.89. The van der Waals surface area contributed by atoms with Gasteiger partial charge >= 0.3 is 0 Å². The highest BCUT2D eigenvalue weighted by atomic mass is 32.2. The maximum absolute atomic E-state index is 13.5. The number of carbonyl (C=O) groups excluding carboxylic acids is 1. The number of carbonyl (C=O) groups is 1. The summed E-state index contributed by atoms with van der Waals surface area (Å²) in [5.41, 5.74) is 0.633. The molecule has 1 amide bonds. The molecule has 4 bridgehead atoms. The van der Waals surface area contributed by atoms with E-state index in [1.165, 1.54) is 31.4 Å². The van der Waals surface area contributed by atoms with Gasteiger partial charge in [0.2, 0.25) is 5.91 Å². The van der Waals surface area contributed by atoms with E-state index in [0.29, 0.717) is 17.6 Å². The smallest absolute Gasteiger partial charge is 0.226 e. The van der Waals surface area contributed by atoms with Crippen LogP contribution in [0.1, 0.15) is 58.2 Å². The second-order valence-corrected chi connectivity index (χ2v) is 11.3. The lowest BCUT2D eigenvalue weighted by atomic mass is 9.49. The van der Waals surface area contributed by atoms with Gasteiger partial charge in [0, 0.05) is 16.4 Å². The van der Waals surface area contributed by atoms with E-state index in [0.717, 1.165) is 47.9 Å². The number of hydrogen-bond acceptors (Lipinski definition) is 4. The molecule has 0 saturated heterocycles. The van der Waals surface area contributed by atoms with Gasteiger partial charge in [-0.15, -0.1) is 10.2 Å². The minimum atomic E-state index is -0.276. The maximum atomic E-state index is 13.5. The summed E-state index contributed by atoms with van der Waals surface area (Å²) in [6, 6.07) is 6.34. The molecule has 160 valence electrons. The van der Waals surface area contributed by atoms with Crippen LogP contribution in [-0.2, 0) is 11.3 Å². The fourth-order valence-electron chi connectivity index (χ4n) is 6.29. The zero-order chi connectivity index (χ0) is 20.9. The van der Waals surface area contributed by atoms with Gasteiger partial charge in [-0.1, -0.05) is 25.6 Å². The van der Waals surface area contributed by atoms with Crippen LogP contribution in [-0.4, -0.2) is 25.9 Å². The number of nitrogens with one attached hydrogen (secondary N) is 1. The highest BCUT2D eigenvalue weighted by molar-refractivity contribution is 7.99. The van der Waals surface area contributed by atoms with Crippen LogP contribution in [0.3, 0.4) is 0 Å². The Balaban J connectivity index is 1.36. The summed E-state index contributed by atoms with van der Waals surface area (Å²) < 4.78 is 15.4. The lowest BCUT2D eigenvalue weighted by molar-refractivity contribution is -0.146. The quantitative estimate of drug-likeness (QED) is 0.675. The lowest BCUT2D eigenvalue weighted by Gasteiger charge is -2.55. The van der Waals surface area contributed by atoms with Crippen molar-refractivity contribution < 1.29 is 9.18 Å². The van der Waals surface area contributed by atoms with Gasteiger partial charge in [-0.2, -0.15) is 0 Å². The molecule has 4 saturated carbocycles. The number of aromatic nitrogens is 3. The molecule has 1 heterocycles. The summed E-state index contributed by atoms with van der Waals surface area (Å²) >= 11 is 1.61. The largest absolute Gasteiger partial charge is 0.348 e. The van der Waals surface area contributed by atoms with Gasteiger partial charge in [0.25, 0.3) is 0 Å². The van der Waals surface area contributed by atoms with Gasteiger partial charge in [0.05, 0.1) is 6.54 Å². The predicted octanol–water partition coefficient (Wildman–Crippen LogP) is 4.74. The Morgan fingerprint density at radius 1 is 1.13 bits per heavy atom. The van der Waals surface area contributed by atoms with Crippen molar-refractivity contribution in [2.75, 3.05) is 0 Å². The SMILES string of the molecule is CC(C)Sc1nnc(CNC(=O)C23CC4CC(CC(C4)C2)C3)n1-c1ccc(F)cc1. The highest BCUT2D eigenvalue weighted by Crippen LogP contribution is 2.60. The van der Waals surface area contributed by atoms with Crippen molar-refractivity contribution in [2.45, 2.75) is 69.3 Å². The van der Waals surface area contributed by atoms with E-state index in [2.05, 4.69) is 29.4 Å². The number of amides is 1. The first kappa shape index (κ1) is 20.0. The number of halogens is 1. The van der Waals surface area contributed by atoms with Gasteiger partial charge in [-0.25, -0.2) is 4.39 Å². The van der Waals surface area contributed by atoms with Crippen LogP contribution < -0.4 is 5.32 Å². The maximum Gasteiger partial charge on any atom is 0.226 e. The molecule has 1 aromatic carbocycles. The van der Waals surface area contributed by atoms with Gasteiger partial charge in [-0.3, -0.25) is 9.36 Å². The third kappa shape index (κ3) is 3.66. The molecule has 7 heteroatoms. The molecule has 0 radical (unpaired) electrons. The van der Waals surface area contributed by atoms with Crippen molar-refractivity contribution >= 4 is 17.7 Å². The van der Waals surface area contributed by atoms with E-state index in [4.69, 9.17) is 0 Å². The van der Waals surface area contributed by atoms with Gasteiger partial charge in [0.15, 0.2) is 11.0 Å². The van der Waals surface area contributed by atoms with Crippen molar-refractivity contribution in [2.24, 2.45) is 23.2 Å². The van der Waals surface area contributed by atoms with Crippen molar-refractivity contribution in [3.63, 3.8) is 0 Å². The number of nitrogens with zero attached hydrogens (tertiary/aromatic N) is 3. The van der Waals surface area contributed by atoms with Gasteiger partial charge in [-0.05, 0) is 80.5 Å². The first-order chi connectivity index (χ1) is 14.4. The average Bonchev–Trinajstić information content (AvgIpc) is 3.07. The standard InChI is InChI=1S/C23H29FN4OS/c1-14(2)30-22-27-26-20(28(22)19-5-3-18(24)4-6-19)13-25-21(29)23-10-15-7-16(11-23)9-17(8-15)12-23/h3-6,14-17H,7-13H2,1-2H3,(H,25,29). The Kier molecular flexibility index (Phi) is 5.12. The summed E-state index contributed by atoms with van der Waals surface area (Å²) in [5, 5.41) is 13.0. The molecule has 4 fully saturated rings. The number of rotatable bonds is 6. The third-order valence-electron chi connectivity index (χ3n) is 7.05. The minimum Gasteiger partial charge on any atom is -0.348 e. The van der Waals surface area contributed by atoms with E-state index in [9.17, 15) is 9.18 Å². The highest BCUT2D eigenvalue weighted by Gasteiger charge is 2.54. The molecule has 4 aliphatic carbocycles. The molecule has 0 spiro atoms. The Morgan fingerprint density at radius 2 is 1.73 bits per heavy atom. The van der Waals surface area contributed by atoms with Crippen molar-refractivity contribution in [1.29, 1.82) is 0 Å².